The molecule has 0 radical (unpaired) electrons. The fourth-order valence-corrected chi connectivity index (χ4v) is 2.79. The largest absolute Gasteiger partial charge is 0.335 e. The first-order chi connectivity index (χ1) is 11.1. The Morgan fingerprint density at radius 1 is 0.957 bits per heavy atom. The third-order valence-corrected chi connectivity index (χ3v) is 4.50. The summed E-state index contributed by atoms with van der Waals surface area (Å²) in [6.07, 6.45) is 0. The van der Waals surface area contributed by atoms with E-state index in [0.29, 0.717) is 10.6 Å². The van der Waals surface area contributed by atoms with Crippen LogP contribution in [-0.2, 0) is 0 Å². The Morgan fingerprint density at radius 3 is 2.30 bits per heavy atom. The average Bonchev–Trinajstić information content (AvgIpc) is 2.60. The number of hydrogen-bond donors (Lipinski definition) is 0. The van der Waals surface area contributed by atoms with Gasteiger partial charge in [0.1, 0.15) is 0 Å². The number of amides is 1. The molecule has 3 rings (SSSR count). The lowest BCUT2D eigenvalue weighted by Crippen LogP contribution is -2.29. The highest BCUT2D eigenvalue weighted by Gasteiger charge is 2.19. The van der Waals surface area contributed by atoms with Crippen molar-refractivity contribution in [2.45, 2.75) is 13.0 Å². The van der Waals surface area contributed by atoms with Crippen LogP contribution in [0.25, 0.3) is 10.8 Å². The van der Waals surface area contributed by atoms with Crippen molar-refractivity contribution in [3.05, 3.63) is 82.9 Å². The van der Waals surface area contributed by atoms with Crippen LogP contribution in [0, 0.1) is 0 Å². The predicted molar refractivity (Wildman–Crippen MR) is 95.9 cm³/mol. The van der Waals surface area contributed by atoms with Gasteiger partial charge >= 0.3 is 0 Å². The minimum atomic E-state index is -0.0220. The zero-order valence-corrected chi connectivity index (χ0v) is 13.9. The summed E-state index contributed by atoms with van der Waals surface area (Å²) in [7, 11) is 1.83. The normalized spacial score (nSPS) is 12.1. The van der Waals surface area contributed by atoms with E-state index in [1.807, 2.05) is 80.7 Å². The van der Waals surface area contributed by atoms with Crippen molar-refractivity contribution in [3.63, 3.8) is 0 Å². The van der Waals surface area contributed by atoms with Gasteiger partial charge in [-0.3, -0.25) is 4.79 Å². The molecular weight excluding hydrogens is 306 g/mol. The summed E-state index contributed by atoms with van der Waals surface area (Å²) in [6.45, 7) is 2.02. The van der Waals surface area contributed by atoms with Gasteiger partial charge in [-0.1, -0.05) is 54.1 Å². The Balaban J connectivity index is 1.86. The number of halogens is 1. The van der Waals surface area contributed by atoms with Crippen molar-refractivity contribution in [1.29, 1.82) is 0 Å². The van der Waals surface area contributed by atoms with Gasteiger partial charge in [-0.2, -0.15) is 0 Å². The van der Waals surface area contributed by atoms with Gasteiger partial charge in [0.25, 0.3) is 5.91 Å². The zero-order valence-electron chi connectivity index (χ0n) is 13.2. The number of rotatable bonds is 3. The molecule has 0 saturated carbocycles. The van der Waals surface area contributed by atoms with Crippen LogP contribution < -0.4 is 0 Å². The summed E-state index contributed by atoms with van der Waals surface area (Å²) in [4.78, 5) is 14.5. The van der Waals surface area contributed by atoms with Gasteiger partial charge in [0.15, 0.2) is 0 Å². The van der Waals surface area contributed by atoms with Gasteiger partial charge in [0, 0.05) is 17.6 Å². The van der Waals surface area contributed by atoms with E-state index in [-0.39, 0.29) is 11.9 Å². The van der Waals surface area contributed by atoms with Crippen molar-refractivity contribution < 1.29 is 4.79 Å². The molecule has 2 nitrogen and oxygen atoms in total. The molecule has 1 atom stereocenters. The third-order valence-electron chi connectivity index (χ3n) is 4.25. The maximum atomic E-state index is 12.8. The third kappa shape index (κ3) is 3.22. The van der Waals surface area contributed by atoms with Crippen molar-refractivity contribution >= 4 is 28.3 Å². The highest BCUT2D eigenvalue weighted by atomic mass is 35.5. The topological polar surface area (TPSA) is 20.3 Å². The molecule has 3 aromatic carbocycles. The Kier molecular flexibility index (Phi) is 4.35. The minimum Gasteiger partial charge on any atom is -0.335 e. The molecule has 0 fully saturated rings. The van der Waals surface area contributed by atoms with Gasteiger partial charge in [-0.05, 0) is 47.5 Å². The van der Waals surface area contributed by atoms with Crippen molar-refractivity contribution in [1.82, 2.24) is 4.90 Å². The highest BCUT2D eigenvalue weighted by molar-refractivity contribution is 6.30. The van der Waals surface area contributed by atoms with Gasteiger partial charge in [-0.15, -0.1) is 0 Å². The first-order valence-electron chi connectivity index (χ1n) is 7.57. The molecule has 3 aromatic rings. The first kappa shape index (κ1) is 15.6. The van der Waals surface area contributed by atoms with Crippen LogP contribution in [-0.4, -0.2) is 17.9 Å². The van der Waals surface area contributed by atoms with E-state index in [9.17, 15) is 4.79 Å². The highest BCUT2D eigenvalue weighted by Crippen LogP contribution is 2.23. The summed E-state index contributed by atoms with van der Waals surface area (Å²) < 4.78 is 0. The molecule has 0 aliphatic carbocycles. The van der Waals surface area contributed by atoms with E-state index in [0.717, 1.165) is 16.3 Å². The maximum absolute atomic E-state index is 12.8. The lowest BCUT2D eigenvalue weighted by Gasteiger charge is -2.25. The van der Waals surface area contributed by atoms with E-state index in [2.05, 4.69) is 0 Å². The molecule has 23 heavy (non-hydrogen) atoms. The zero-order chi connectivity index (χ0) is 16.4. The lowest BCUT2D eigenvalue weighted by atomic mass is 10.0. The molecule has 0 aliphatic rings. The monoisotopic (exact) mass is 323 g/mol. The van der Waals surface area contributed by atoms with Gasteiger partial charge in [-0.25, -0.2) is 0 Å². The Hall–Kier alpha value is -2.32. The van der Waals surface area contributed by atoms with Crippen LogP contribution >= 0.6 is 11.6 Å². The molecule has 0 bridgehead atoms. The average molecular weight is 324 g/mol. The summed E-state index contributed by atoms with van der Waals surface area (Å²) in [5.41, 5.74) is 1.76. The number of hydrogen-bond acceptors (Lipinski definition) is 1. The molecular formula is C20H18ClNO. The SMILES string of the molecule is CC(c1ccc(Cl)cc1)N(C)C(=O)c1ccc2ccccc2c1. The van der Waals surface area contributed by atoms with E-state index in [1.165, 1.54) is 0 Å². The molecule has 0 N–H and O–H groups in total. The molecule has 0 heterocycles. The number of nitrogens with zero attached hydrogens (tertiary/aromatic N) is 1. The summed E-state index contributed by atoms with van der Waals surface area (Å²) in [5.74, 6) is 0.0122. The standard InChI is InChI=1S/C20H18ClNO/c1-14(15-9-11-19(21)12-10-15)22(2)20(23)18-8-7-16-5-3-4-6-17(16)13-18/h3-14H,1-2H3. The van der Waals surface area contributed by atoms with Gasteiger partial charge < -0.3 is 4.90 Å². The van der Waals surface area contributed by atoms with Crippen LogP contribution in [0.1, 0.15) is 28.9 Å². The molecule has 0 saturated heterocycles. The Bertz CT molecular complexity index is 842. The van der Waals surface area contributed by atoms with Crippen LogP contribution in [0.2, 0.25) is 5.02 Å². The summed E-state index contributed by atoms with van der Waals surface area (Å²) in [5, 5.41) is 2.91. The summed E-state index contributed by atoms with van der Waals surface area (Å²) >= 11 is 5.93. The minimum absolute atomic E-state index is 0.0122. The second-order valence-corrected chi connectivity index (χ2v) is 6.14. The predicted octanol–water partition coefficient (Wildman–Crippen LogP) is 5.33. The molecule has 0 aromatic heterocycles. The first-order valence-corrected chi connectivity index (χ1v) is 7.95. The Labute approximate surface area is 141 Å². The van der Waals surface area contributed by atoms with E-state index >= 15 is 0 Å². The van der Waals surface area contributed by atoms with E-state index in [4.69, 9.17) is 11.6 Å². The maximum Gasteiger partial charge on any atom is 0.254 e. The van der Waals surface area contributed by atoms with Gasteiger partial charge in [0.2, 0.25) is 0 Å². The quantitative estimate of drug-likeness (QED) is 0.638. The van der Waals surface area contributed by atoms with Crippen molar-refractivity contribution in [3.8, 4) is 0 Å². The summed E-state index contributed by atoms with van der Waals surface area (Å²) in [6, 6.07) is 21.5. The second kappa shape index (κ2) is 6.43. The van der Waals surface area contributed by atoms with Crippen LogP contribution in [0.3, 0.4) is 0 Å². The van der Waals surface area contributed by atoms with Crippen molar-refractivity contribution in [2.24, 2.45) is 0 Å². The second-order valence-electron chi connectivity index (χ2n) is 5.71. The molecule has 1 amide bonds. The molecule has 0 aliphatic heterocycles. The number of benzene rings is 3. The number of carbonyl (C=O) groups is 1. The van der Waals surface area contributed by atoms with E-state index < -0.39 is 0 Å². The van der Waals surface area contributed by atoms with Crippen LogP contribution in [0.4, 0.5) is 0 Å². The Morgan fingerprint density at radius 2 is 1.61 bits per heavy atom. The number of fused-ring (bicyclic) bond motifs is 1. The van der Waals surface area contributed by atoms with Crippen LogP contribution in [0.15, 0.2) is 66.7 Å². The molecule has 1 unspecified atom stereocenters. The fraction of sp³-hybridized carbons (Fsp3) is 0.150. The molecule has 116 valence electrons. The molecule has 3 heteroatoms. The smallest absolute Gasteiger partial charge is 0.254 e. The lowest BCUT2D eigenvalue weighted by molar-refractivity contribution is 0.0743. The molecule has 0 spiro atoms. The van der Waals surface area contributed by atoms with Gasteiger partial charge in [0.05, 0.1) is 6.04 Å². The van der Waals surface area contributed by atoms with Crippen LogP contribution in [0.5, 0.6) is 0 Å². The van der Waals surface area contributed by atoms with E-state index in [1.54, 1.807) is 4.90 Å². The van der Waals surface area contributed by atoms with Crippen molar-refractivity contribution in [2.75, 3.05) is 7.05 Å². The number of carbonyl (C=O) groups excluding carboxylic acids is 1. The fourth-order valence-electron chi connectivity index (χ4n) is 2.67.